The summed E-state index contributed by atoms with van der Waals surface area (Å²) in [4.78, 5) is 28.9. The third-order valence-electron chi connectivity index (χ3n) is 5.33. The summed E-state index contributed by atoms with van der Waals surface area (Å²) in [6.45, 7) is 1.85. The average molecular weight is 448 g/mol. The maximum atomic E-state index is 13.9. The van der Waals surface area contributed by atoms with Crippen molar-refractivity contribution >= 4 is 45.9 Å². The number of halogens is 2. The molecule has 0 saturated carbocycles. The lowest BCUT2D eigenvalue weighted by atomic mass is 9.99. The van der Waals surface area contributed by atoms with E-state index in [9.17, 15) is 19.3 Å². The Hall–Kier alpha value is -3.40. The van der Waals surface area contributed by atoms with Gasteiger partial charge in [-0.2, -0.15) is 0 Å². The molecule has 3 aromatic rings. The molecule has 1 fully saturated rings. The fourth-order valence-corrected chi connectivity index (χ4v) is 4.25. The van der Waals surface area contributed by atoms with Crippen LogP contribution in [0.25, 0.3) is 11.0 Å². The molecular weight excluding hydrogens is 429 g/mol. The van der Waals surface area contributed by atoms with Crippen LogP contribution in [0.5, 0.6) is 0 Å². The van der Waals surface area contributed by atoms with Crippen molar-refractivity contribution in [1.82, 2.24) is 9.55 Å². The van der Waals surface area contributed by atoms with Crippen LogP contribution in [0, 0.1) is 15.9 Å². The minimum Gasteiger partial charge on any atom is -0.458 e. The topological polar surface area (TPSA) is 117 Å². The first kappa shape index (κ1) is 20.9. The first-order valence-electron chi connectivity index (χ1n) is 9.53. The van der Waals surface area contributed by atoms with Gasteiger partial charge in [0.25, 0.3) is 5.69 Å². The summed E-state index contributed by atoms with van der Waals surface area (Å²) in [6.07, 6.45) is -0.277. The summed E-state index contributed by atoms with van der Waals surface area (Å²) in [5.41, 5.74) is 7.37. The van der Waals surface area contributed by atoms with Crippen molar-refractivity contribution in [2.45, 2.75) is 25.5 Å². The van der Waals surface area contributed by atoms with Gasteiger partial charge in [-0.3, -0.25) is 14.9 Å². The van der Waals surface area contributed by atoms with Crippen LogP contribution in [-0.2, 0) is 9.53 Å². The van der Waals surface area contributed by atoms with Gasteiger partial charge in [0.05, 0.1) is 28.5 Å². The largest absolute Gasteiger partial charge is 0.458 e. The molecule has 2 atom stereocenters. The fourth-order valence-electron chi connectivity index (χ4n) is 4.08. The second kappa shape index (κ2) is 8.03. The Labute approximate surface area is 181 Å². The molecule has 1 aromatic heterocycles. The van der Waals surface area contributed by atoms with Crippen molar-refractivity contribution < 1.29 is 18.8 Å². The molecule has 2 heterocycles. The summed E-state index contributed by atoms with van der Waals surface area (Å²) in [5.74, 6) is -0.777. The standard InChI is InChI=1S/C20H19ClFN5O4/c1-11(28)31-19-10-25(18-8-12(21)2-5-15(18)27(29)30)7-6-16(19)26-17-9-13(22)3-4-14(17)24-20(26)23/h2-5,8-9,16,19H,6-7,10H2,1H3,(H2,23,24)/t16-,19-/m1/s1. The molecule has 0 unspecified atom stereocenters. The number of piperidine rings is 1. The number of ether oxygens (including phenoxy) is 1. The molecule has 1 aliphatic heterocycles. The highest BCUT2D eigenvalue weighted by Gasteiger charge is 2.36. The van der Waals surface area contributed by atoms with E-state index < -0.39 is 28.9 Å². The lowest BCUT2D eigenvalue weighted by Crippen LogP contribution is -2.47. The van der Waals surface area contributed by atoms with E-state index in [0.29, 0.717) is 34.7 Å². The van der Waals surface area contributed by atoms with Gasteiger partial charge in [-0.1, -0.05) is 11.6 Å². The number of nitro benzene ring substituents is 1. The van der Waals surface area contributed by atoms with Gasteiger partial charge in [0, 0.05) is 24.6 Å². The molecule has 4 rings (SSSR count). The number of fused-ring (bicyclic) bond motifs is 1. The molecule has 0 amide bonds. The van der Waals surface area contributed by atoms with E-state index in [-0.39, 0.29) is 18.2 Å². The molecule has 11 heteroatoms. The number of aromatic nitrogens is 2. The maximum Gasteiger partial charge on any atom is 0.303 e. The molecule has 1 saturated heterocycles. The summed E-state index contributed by atoms with van der Waals surface area (Å²) in [6, 6.07) is 8.04. The van der Waals surface area contributed by atoms with E-state index in [2.05, 4.69) is 4.98 Å². The quantitative estimate of drug-likeness (QED) is 0.368. The zero-order chi connectivity index (χ0) is 22.3. The Morgan fingerprint density at radius 2 is 2.13 bits per heavy atom. The second-order valence-corrected chi connectivity index (χ2v) is 7.75. The first-order chi connectivity index (χ1) is 14.7. The van der Waals surface area contributed by atoms with E-state index in [0.717, 1.165) is 0 Å². The number of nitrogens with two attached hydrogens (primary N) is 1. The van der Waals surface area contributed by atoms with E-state index in [1.54, 1.807) is 9.47 Å². The number of anilines is 2. The summed E-state index contributed by atoms with van der Waals surface area (Å²) in [5, 5.41) is 11.8. The molecule has 2 aromatic carbocycles. The van der Waals surface area contributed by atoms with Crippen molar-refractivity contribution in [3.05, 3.63) is 57.4 Å². The van der Waals surface area contributed by atoms with Crippen LogP contribution in [0.15, 0.2) is 36.4 Å². The SMILES string of the molecule is CC(=O)O[C@@H]1CN(c2cc(Cl)ccc2[N+](=O)[O-])CC[C@H]1n1c(N)nc2ccc(F)cc21. The van der Waals surface area contributed by atoms with E-state index >= 15 is 0 Å². The number of carbonyl (C=O) groups excluding carboxylic acids is 1. The average Bonchev–Trinajstić information content (AvgIpc) is 3.02. The van der Waals surface area contributed by atoms with Crippen LogP contribution in [0.2, 0.25) is 5.02 Å². The highest BCUT2D eigenvalue weighted by atomic mass is 35.5. The number of benzene rings is 2. The van der Waals surface area contributed by atoms with Crippen molar-refractivity contribution in [3.63, 3.8) is 0 Å². The number of nitrogen functional groups attached to an aromatic ring is 1. The van der Waals surface area contributed by atoms with Gasteiger partial charge in [0.15, 0.2) is 0 Å². The number of nitro groups is 1. The molecule has 0 aliphatic carbocycles. The molecule has 0 radical (unpaired) electrons. The summed E-state index contributed by atoms with van der Waals surface area (Å²) >= 11 is 6.07. The van der Waals surface area contributed by atoms with Crippen molar-refractivity contribution in [3.8, 4) is 0 Å². The lowest BCUT2D eigenvalue weighted by Gasteiger charge is -2.39. The number of carbonyl (C=O) groups is 1. The monoisotopic (exact) mass is 447 g/mol. The number of hydrogen-bond donors (Lipinski definition) is 1. The van der Waals surface area contributed by atoms with Gasteiger partial charge < -0.3 is 19.9 Å². The molecule has 9 nitrogen and oxygen atoms in total. The molecule has 1 aliphatic rings. The van der Waals surface area contributed by atoms with Crippen LogP contribution >= 0.6 is 11.6 Å². The summed E-state index contributed by atoms with van der Waals surface area (Å²) < 4.78 is 21.1. The number of imidazole rings is 1. The Balaban J connectivity index is 1.74. The number of rotatable bonds is 4. The Morgan fingerprint density at radius 1 is 1.35 bits per heavy atom. The van der Waals surface area contributed by atoms with Crippen LogP contribution in [0.4, 0.5) is 21.7 Å². The minimum absolute atomic E-state index is 0.0981. The third kappa shape index (κ3) is 3.98. The highest BCUT2D eigenvalue weighted by molar-refractivity contribution is 6.31. The van der Waals surface area contributed by atoms with Gasteiger partial charge in [-0.05, 0) is 36.8 Å². The van der Waals surface area contributed by atoms with Crippen LogP contribution < -0.4 is 10.6 Å². The minimum atomic E-state index is -0.701. The Bertz CT molecular complexity index is 1180. The predicted molar refractivity (Wildman–Crippen MR) is 114 cm³/mol. The lowest BCUT2D eigenvalue weighted by molar-refractivity contribution is -0.384. The summed E-state index contributed by atoms with van der Waals surface area (Å²) in [7, 11) is 0. The zero-order valence-corrected chi connectivity index (χ0v) is 17.3. The number of nitrogens with zero attached hydrogens (tertiary/aromatic N) is 4. The van der Waals surface area contributed by atoms with Crippen LogP contribution in [0.3, 0.4) is 0 Å². The van der Waals surface area contributed by atoms with Gasteiger partial charge in [0.2, 0.25) is 5.95 Å². The number of esters is 1. The van der Waals surface area contributed by atoms with E-state index in [1.165, 1.54) is 43.3 Å². The maximum absolute atomic E-state index is 13.9. The van der Waals surface area contributed by atoms with Gasteiger partial charge in [-0.15, -0.1) is 0 Å². The molecule has 0 spiro atoms. The first-order valence-corrected chi connectivity index (χ1v) is 9.91. The Morgan fingerprint density at radius 3 is 2.84 bits per heavy atom. The number of hydrogen-bond acceptors (Lipinski definition) is 7. The molecule has 2 N–H and O–H groups in total. The molecule has 162 valence electrons. The smallest absolute Gasteiger partial charge is 0.303 e. The molecular formula is C20H19ClFN5O4. The zero-order valence-electron chi connectivity index (χ0n) is 16.5. The normalized spacial score (nSPS) is 18.9. The highest BCUT2D eigenvalue weighted by Crippen LogP contribution is 2.37. The second-order valence-electron chi connectivity index (χ2n) is 7.31. The van der Waals surface area contributed by atoms with Gasteiger partial charge in [0.1, 0.15) is 17.6 Å². The van der Waals surface area contributed by atoms with Gasteiger partial charge >= 0.3 is 5.97 Å². The van der Waals surface area contributed by atoms with E-state index in [1.807, 2.05) is 0 Å². The third-order valence-corrected chi connectivity index (χ3v) is 5.56. The van der Waals surface area contributed by atoms with Crippen molar-refractivity contribution in [1.29, 1.82) is 0 Å². The molecule has 31 heavy (non-hydrogen) atoms. The Kier molecular flexibility index (Phi) is 5.40. The predicted octanol–water partition coefficient (Wildman–Crippen LogP) is 3.70. The van der Waals surface area contributed by atoms with Crippen LogP contribution in [-0.4, -0.2) is 39.6 Å². The molecule has 0 bridgehead atoms. The van der Waals surface area contributed by atoms with Crippen molar-refractivity contribution in [2.24, 2.45) is 0 Å². The van der Waals surface area contributed by atoms with Gasteiger partial charge in [-0.25, -0.2) is 9.37 Å². The fraction of sp³-hybridized carbons (Fsp3) is 0.300. The van der Waals surface area contributed by atoms with Crippen molar-refractivity contribution in [2.75, 3.05) is 23.7 Å². The van der Waals surface area contributed by atoms with Crippen LogP contribution in [0.1, 0.15) is 19.4 Å². The van der Waals surface area contributed by atoms with E-state index in [4.69, 9.17) is 22.1 Å².